The van der Waals surface area contributed by atoms with Gasteiger partial charge in [-0.25, -0.2) is 13.2 Å². The van der Waals surface area contributed by atoms with Crippen LogP contribution in [-0.2, 0) is 6.42 Å². The van der Waals surface area contributed by atoms with E-state index in [0.717, 1.165) is 24.0 Å². The number of halogens is 3. The van der Waals surface area contributed by atoms with Crippen LogP contribution >= 0.6 is 0 Å². The van der Waals surface area contributed by atoms with Crippen LogP contribution in [0.1, 0.15) is 18.9 Å². The lowest BCUT2D eigenvalue weighted by Crippen LogP contribution is -2.37. The molecule has 0 unspecified atom stereocenters. The maximum atomic E-state index is 14.8. The Hall–Kier alpha value is -2.33. The average Bonchev–Trinajstić information content (AvgIpc) is 2.62. The molecule has 0 aliphatic carbocycles. The first-order valence-electron chi connectivity index (χ1n) is 9.59. The molecule has 0 N–H and O–H groups in total. The summed E-state index contributed by atoms with van der Waals surface area (Å²) in [4.78, 5) is 0. The molecule has 0 aliphatic rings. The first kappa shape index (κ1) is 20.4. The van der Waals surface area contributed by atoms with Crippen molar-refractivity contribution in [1.29, 1.82) is 0 Å². The highest BCUT2D eigenvalue weighted by atomic mass is 28.3. The highest BCUT2D eigenvalue weighted by Crippen LogP contribution is 2.33. The lowest BCUT2D eigenvalue weighted by molar-refractivity contribution is 0.582. The van der Waals surface area contributed by atoms with Crippen molar-refractivity contribution in [2.45, 2.75) is 39.4 Å². The topological polar surface area (TPSA) is 0 Å². The van der Waals surface area contributed by atoms with Gasteiger partial charge in [-0.2, -0.15) is 0 Å². The third-order valence-corrected chi connectivity index (χ3v) is 7.03. The molecular weight excluding hydrogens is 373 g/mol. The molecule has 4 heteroatoms. The van der Waals surface area contributed by atoms with Gasteiger partial charge < -0.3 is 0 Å². The molecule has 0 atom stereocenters. The van der Waals surface area contributed by atoms with E-state index in [1.165, 1.54) is 29.5 Å². The fourth-order valence-corrected chi connectivity index (χ4v) is 4.53. The Morgan fingerprint density at radius 3 is 1.82 bits per heavy atom. The molecule has 0 heterocycles. The maximum Gasteiger partial charge on any atom is 0.134 e. The molecule has 3 aromatic rings. The third-order valence-electron chi connectivity index (χ3n) is 4.97. The number of hydrogen-bond donors (Lipinski definition) is 0. The van der Waals surface area contributed by atoms with Crippen molar-refractivity contribution >= 4 is 13.3 Å². The first-order valence-corrected chi connectivity index (χ1v) is 13.1. The molecule has 3 rings (SSSR count). The fraction of sp³-hybridized carbons (Fsp3) is 0.250. The van der Waals surface area contributed by atoms with Crippen LogP contribution in [0.15, 0.2) is 54.6 Å². The number of rotatable bonds is 5. The number of aryl methyl sites for hydroxylation is 1. The van der Waals surface area contributed by atoms with Gasteiger partial charge in [0.15, 0.2) is 0 Å². The van der Waals surface area contributed by atoms with Crippen LogP contribution in [0.25, 0.3) is 22.3 Å². The standard InChI is InChI=1S/C24H25F3Si/c1-5-6-16-7-12-20(21(25)13-16)24-22(26)14-18(15-23(24)27)17-8-10-19(11-9-17)28(2,3)4/h7-15H,5-6H2,1-4H3. The molecule has 3 aromatic carbocycles. The average molecular weight is 399 g/mol. The molecule has 0 bridgehead atoms. The van der Waals surface area contributed by atoms with Gasteiger partial charge in [-0.05, 0) is 41.3 Å². The summed E-state index contributed by atoms with van der Waals surface area (Å²) in [5.74, 6) is -2.12. The summed E-state index contributed by atoms with van der Waals surface area (Å²) >= 11 is 0. The SMILES string of the molecule is CCCc1ccc(-c2c(F)cc(-c3ccc([Si](C)(C)C)cc3)cc2F)c(F)c1. The highest BCUT2D eigenvalue weighted by molar-refractivity contribution is 6.88. The van der Waals surface area contributed by atoms with Gasteiger partial charge in [-0.1, -0.05) is 74.6 Å². The molecule has 0 spiro atoms. The molecule has 0 aliphatic heterocycles. The Morgan fingerprint density at radius 2 is 1.32 bits per heavy atom. The zero-order chi connectivity index (χ0) is 20.5. The number of hydrogen-bond acceptors (Lipinski definition) is 0. The lowest BCUT2D eigenvalue weighted by Gasteiger charge is -2.17. The van der Waals surface area contributed by atoms with E-state index in [1.54, 1.807) is 6.07 Å². The van der Waals surface area contributed by atoms with Crippen molar-refractivity contribution in [2.24, 2.45) is 0 Å². The summed E-state index contributed by atoms with van der Waals surface area (Å²) in [7, 11) is -1.44. The minimum Gasteiger partial charge on any atom is -0.206 e. The molecule has 0 aromatic heterocycles. The second-order valence-electron chi connectivity index (χ2n) is 8.21. The first-order chi connectivity index (χ1) is 13.2. The highest BCUT2D eigenvalue weighted by Gasteiger charge is 2.19. The normalized spacial score (nSPS) is 11.7. The summed E-state index contributed by atoms with van der Waals surface area (Å²) in [6.07, 6.45) is 1.61. The van der Waals surface area contributed by atoms with Gasteiger partial charge in [0.25, 0.3) is 0 Å². The van der Waals surface area contributed by atoms with Crippen LogP contribution in [0.4, 0.5) is 13.2 Å². The van der Waals surface area contributed by atoms with Gasteiger partial charge in [0.05, 0.1) is 13.6 Å². The lowest BCUT2D eigenvalue weighted by atomic mass is 9.97. The van der Waals surface area contributed by atoms with E-state index in [4.69, 9.17) is 0 Å². The zero-order valence-electron chi connectivity index (χ0n) is 16.7. The van der Waals surface area contributed by atoms with Gasteiger partial charge in [0.2, 0.25) is 0 Å². The fourth-order valence-electron chi connectivity index (χ4n) is 3.37. The van der Waals surface area contributed by atoms with Crippen molar-refractivity contribution in [3.05, 3.63) is 77.6 Å². The molecule has 0 fully saturated rings. The molecule has 0 amide bonds. The van der Waals surface area contributed by atoms with Gasteiger partial charge in [-0.15, -0.1) is 0 Å². The van der Waals surface area contributed by atoms with Gasteiger partial charge in [0.1, 0.15) is 17.5 Å². The quantitative estimate of drug-likeness (QED) is 0.409. The Balaban J connectivity index is 2.00. The van der Waals surface area contributed by atoms with Crippen LogP contribution in [0.3, 0.4) is 0 Å². The summed E-state index contributed by atoms with van der Waals surface area (Å²) in [6.45, 7) is 8.74. The molecule has 0 radical (unpaired) electrons. The van der Waals surface area contributed by atoms with E-state index in [-0.39, 0.29) is 11.1 Å². The van der Waals surface area contributed by atoms with Gasteiger partial charge in [0, 0.05) is 5.56 Å². The second-order valence-corrected chi connectivity index (χ2v) is 13.3. The predicted molar refractivity (Wildman–Crippen MR) is 114 cm³/mol. The summed E-state index contributed by atoms with van der Waals surface area (Å²) in [5.41, 5.74) is 1.65. The van der Waals surface area contributed by atoms with E-state index < -0.39 is 25.5 Å². The minimum atomic E-state index is -1.44. The van der Waals surface area contributed by atoms with Crippen molar-refractivity contribution in [2.75, 3.05) is 0 Å². The van der Waals surface area contributed by atoms with Crippen molar-refractivity contribution in [1.82, 2.24) is 0 Å². The summed E-state index contributed by atoms with van der Waals surface area (Å²) in [6, 6.07) is 14.9. The Labute approximate surface area is 166 Å². The van der Waals surface area contributed by atoms with Crippen LogP contribution in [0, 0.1) is 17.5 Å². The van der Waals surface area contributed by atoms with Crippen LogP contribution in [-0.4, -0.2) is 8.07 Å². The number of benzene rings is 3. The van der Waals surface area contributed by atoms with Gasteiger partial charge in [-0.3, -0.25) is 0 Å². The second kappa shape index (κ2) is 7.96. The monoisotopic (exact) mass is 398 g/mol. The summed E-state index contributed by atoms with van der Waals surface area (Å²) in [5, 5.41) is 1.28. The van der Waals surface area contributed by atoms with Crippen molar-refractivity contribution < 1.29 is 13.2 Å². The predicted octanol–water partition coefficient (Wildman–Crippen LogP) is 6.94. The Bertz CT molecular complexity index is 963. The molecule has 28 heavy (non-hydrogen) atoms. The van der Waals surface area contributed by atoms with E-state index in [1.807, 2.05) is 31.2 Å². The molecule has 146 valence electrons. The van der Waals surface area contributed by atoms with E-state index in [9.17, 15) is 13.2 Å². The van der Waals surface area contributed by atoms with E-state index >= 15 is 0 Å². The largest absolute Gasteiger partial charge is 0.206 e. The van der Waals surface area contributed by atoms with Gasteiger partial charge >= 0.3 is 0 Å². The summed E-state index contributed by atoms with van der Waals surface area (Å²) < 4.78 is 44.0. The minimum absolute atomic E-state index is 0.0458. The van der Waals surface area contributed by atoms with Crippen LogP contribution in [0.2, 0.25) is 19.6 Å². The Morgan fingerprint density at radius 1 is 0.714 bits per heavy atom. The molecular formula is C24H25F3Si. The van der Waals surface area contributed by atoms with Crippen molar-refractivity contribution in [3.63, 3.8) is 0 Å². The van der Waals surface area contributed by atoms with Crippen molar-refractivity contribution in [3.8, 4) is 22.3 Å². The smallest absolute Gasteiger partial charge is 0.134 e. The maximum absolute atomic E-state index is 14.8. The van der Waals surface area contributed by atoms with Crippen LogP contribution < -0.4 is 5.19 Å². The third kappa shape index (κ3) is 4.22. The molecule has 0 saturated carbocycles. The van der Waals surface area contributed by atoms with E-state index in [0.29, 0.717) is 5.56 Å². The zero-order valence-corrected chi connectivity index (χ0v) is 17.7. The molecule has 0 saturated heterocycles. The molecule has 0 nitrogen and oxygen atoms in total. The van der Waals surface area contributed by atoms with Crippen LogP contribution in [0.5, 0.6) is 0 Å². The van der Waals surface area contributed by atoms with E-state index in [2.05, 4.69) is 19.6 Å². The Kier molecular flexibility index (Phi) is 5.80.